The molecule has 0 aliphatic rings. The van der Waals surface area contributed by atoms with Crippen LogP contribution in [0.3, 0.4) is 0 Å². The zero-order chi connectivity index (χ0) is 12.1. The second-order valence-electron chi connectivity index (χ2n) is 2.49. The maximum atomic E-state index is 12.0. The van der Waals surface area contributed by atoms with Gasteiger partial charge in [0.15, 0.2) is 0 Å². The van der Waals surface area contributed by atoms with Crippen LogP contribution >= 0.6 is 0 Å². The van der Waals surface area contributed by atoms with E-state index >= 15 is 0 Å². The van der Waals surface area contributed by atoms with Gasteiger partial charge in [0.1, 0.15) is 0 Å². The van der Waals surface area contributed by atoms with E-state index in [4.69, 9.17) is 10.0 Å². The van der Waals surface area contributed by atoms with Crippen LogP contribution in [0.1, 0.15) is 19.4 Å². The van der Waals surface area contributed by atoms with Gasteiger partial charge < -0.3 is 10.0 Å². The number of hydrogen-bond acceptors (Lipinski definition) is 2. The summed E-state index contributed by atoms with van der Waals surface area (Å²) in [5, 5.41) is 17.2. The van der Waals surface area contributed by atoms with Crippen LogP contribution in [-0.4, -0.2) is 17.2 Å². The van der Waals surface area contributed by atoms with Gasteiger partial charge in [-0.15, -0.1) is 0 Å². The summed E-state index contributed by atoms with van der Waals surface area (Å²) in [6.45, 7) is 4.00. The minimum Gasteiger partial charge on any atom is -0.423 e. The smallest absolute Gasteiger partial charge is 0.423 e. The zero-order valence-corrected chi connectivity index (χ0v) is 8.42. The molecule has 0 amide bonds. The van der Waals surface area contributed by atoms with Gasteiger partial charge in [-0.3, -0.25) is 0 Å². The Labute approximate surface area is 86.5 Å². The molecule has 0 radical (unpaired) electrons. The molecule has 0 spiro atoms. The quantitative estimate of drug-likeness (QED) is 0.702. The fourth-order valence-corrected chi connectivity index (χ4v) is 0.844. The number of halogens is 3. The highest BCUT2D eigenvalue weighted by Crippen LogP contribution is 2.28. The lowest BCUT2D eigenvalue weighted by atomic mass is 9.80. The molecule has 0 atom stereocenters. The van der Waals surface area contributed by atoms with Crippen molar-refractivity contribution < 1.29 is 23.2 Å². The summed E-state index contributed by atoms with van der Waals surface area (Å²) in [6.07, 6.45) is -4.39. The summed E-state index contributed by atoms with van der Waals surface area (Å²) in [6, 6.07) is 3.64. The molecule has 1 aromatic rings. The van der Waals surface area contributed by atoms with Gasteiger partial charge in [-0.05, 0) is 5.46 Å². The first-order valence-corrected chi connectivity index (χ1v) is 4.44. The van der Waals surface area contributed by atoms with Crippen molar-refractivity contribution in [1.29, 1.82) is 0 Å². The van der Waals surface area contributed by atoms with Crippen LogP contribution in [0.25, 0.3) is 0 Å². The summed E-state index contributed by atoms with van der Waals surface area (Å²) < 4.78 is 36.0. The van der Waals surface area contributed by atoms with Crippen LogP contribution < -0.4 is 5.46 Å². The summed E-state index contributed by atoms with van der Waals surface area (Å²) in [5.74, 6) is 0. The Hall–Kier alpha value is -1.01. The number of benzene rings is 1. The molecule has 84 valence electrons. The summed E-state index contributed by atoms with van der Waals surface area (Å²) in [5.41, 5.74) is -0.773. The lowest BCUT2D eigenvalue weighted by Gasteiger charge is -2.06. The SMILES string of the molecule is CC.OB(O)c1ccc(C(F)(F)F)cc1. The van der Waals surface area contributed by atoms with Crippen molar-refractivity contribution in [2.75, 3.05) is 0 Å². The molecule has 0 unspecified atom stereocenters. The van der Waals surface area contributed by atoms with Gasteiger partial charge >= 0.3 is 13.3 Å². The molecule has 1 aromatic carbocycles. The average molecular weight is 220 g/mol. The molecule has 0 bridgehead atoms. The van der Waals surface area contributed by atoms with Crippen molar-refractivity contribution in [1.82, 2.24) is 0 Å². The van der Waals surface area contributed by atoms with Crippen LogP contribution in [0, 0.1) is 0 Å². The molecule has 15 heavy (non-hydrogen) atoms. The summed E-state index contributed by atoms with van der Waals surface area (Å²) in [4.78, 5) is 0. The molecule has 0 aromatic heterocycles. The topological polar surface area (TPSA) is 40.5 Å². The van der Waals surface area contributed by atoms with Crippen molar-refractivity contribution >= 4 is 12.6 Å². The fraction of sp³-hybridized carbons (Fsp3) is 0.333. The van der Waals surface area contributed by atoms with Crippen molar-refractivity contribution in [2.45, 2.75) is 20.0 Å². The van der Waals surface area contributed by atoms with Crippen LogP contribution in [0.4, 0.5) is 13.2 Å². The molecule has 2 N–H and O–H groups in total. The van der Waals surface area contributed by atoms with Gasteiger partial charge in [0.25, 0.3) is 0 Å². The molecule has 0 saturated carbocycles. The lowest BCUT2D eigenvalue weighted by Crippen LogP contribution is -2.29. The fourth-order valence-electron chi connectivity index (χ4n) is 0.844. The zero-order valence-electron chi connectivity index (χ0n) is 8.42. The molecule has 6 heteroatoms. The van der Waals surface area contributed by atoms with E-state index in [1.165, 1.54) is 0 Å². The third kappa shape index (κ3) is 4.35. The highest BCUT2D eigenvalue weighted by Gasteiger charge is 2.30. The minimum atomic E-state index is -4.39. The van der Waals surface area contributed by atoms with Crippen molar-refractivity contribution in [2.24, 2.45) is 0 Å². The maximum Gasteiger partial charge on any atom is 0.488 e. The Morgan fingerprint density at radius 3 is 1.67 bits per heavy atom. The third-order valence-electron chi connectivity index (χ3n) is 1.54. The van der Waals surface area contributed by atoms with Gasteiger partial charge in [0.2, 0.25) is 0 Å². The van der Waals surface area contributed by atoms with Gasteiger partial charge in [0.05, 0.1) is 5.56 Å². The normalized spacial score (nSPS) is 10.3. The van der Waals surface area contributed by atoms with Crippen LogP contribution in [-0.2, 0) is 6.18 Å². The molecule has 0 aliphatic heterocycles. The van der Waals surface area contributed by atoms with E-state index in [1.807, 2.05) is 13.8 Å². The minimum absolute atomic E-state index is 0.0352. The van der Waals surface area contributed by atoms with E-state index < -0.39 is 18.9 Å². The predicted molar refractivity (Wildman–Crippen MR) is 52.6 cm³/mol. The first-order chi connectivity index (χ1) is 6.91. The summed E-state index contributed by atoms with van der Waals surface area (Å²) in [7, 11) is -1.73. The first-order valence-electron chi connectivity index (χ1n) is 4.44. The Morgan fingerprint density at radius 1 is 1.00 bits per heavy atom. The maximum absolute atomic E-state index is 12.0. The highest BCUT2D eigenvalue weighted by molar-refractivity contribution is 6.58. The van der Waals surface area contributed by atoms with Crippen LogP contribution in [0.5, 0.6) is 0 Å². The Kier molecular flexibility index (Phi) is 5.39. The molecule has 0 saturated heterocycles. The Balaban J connectivity index is 0.000000921. The van der Waals surface area contributed by atoms with E-state index in [9.17, 15) is 13.2 Å². The largest absolute Gasteiger partial charge is 0.488 e. The van der Waals surface area contributed by atoms with Gasteiger partial charge in [-0.25, -0.2) is 0 Å². The monoisotopic (exact) mass is 220 g/mol. The highest BCUT2D eigenvalue weighted by atomic mass is 19.4. The Bertz CT molecular complexity index is 282. The predicted octanol–water partition coefficient (Wildman–Crippen LogP) is 1.41. The number of alkyl halides is 3. The first kappa shape index (κ1) is 14.0. The number of rotatable bonds is 1. The molecular weight excluding hydrogens is 208 g/mol. The molecular formula is C9H12BF3O2. The molecule has 1 rings (SSSR count). The van der Waals surface area contributed by atoms with E-state index in [-0.39, 0.29) is 5.46 Å². The van der Waals surface area contributed by atoms with E-state index in [0.29, 0.717) is 0 Å². The van der Waals surface area contributed by atoms with E-state index in [2.05, 4.69) is 0 Å². The van der Waals surface area contributed by atoms with Crippen molar-refractivity contribution in [3.63, 3.8) is 0 Å². The molecule has 0 aliphatic carbocycles. The van der Waals surface area contributed by atoms with Gasteiger partial charge in [-0.2, -0.15) is 13.2 Å². The van der Waals surface area contributed by atoms with Crippen molar-refractivity contribution in [3.8, 4) is 0 Å². The molecule has 0 fully saturated rings. The van der Waals surface area contributed by atoms with Gasteiger partial charge in [-0.1, -0.05) is 38.1 Å². The lowest BCUT2D eigenvalue weighted by molar-refractivity contribution is -0.137. The second kappa shape index (κ2) is 5.77. The van der Waals surface area contributed by atoms with Crippen molar-refractivity contribution in [3.05, 3.63) is 29.8 Å². The third-order valence-corrected chi connectivity index (χ3v) is 1.54. The van der Waals surface area contributed by atoms with Crippen LogP contribution in [0.2, 0.25) is 0 Å². The molecule has 2 nitrogen and oxygen atoms in total. The standard InChI is InChI=1S/C7H6BF3O2.C2H6/c9-7(10,11)5-1-3-6(4-2-5)8(12)13;1-2/h1-4,12-13H;1-2H3. The number of hydrogen-bond donors (Lipinski definition) is 2. The average Bonchev–Trinajstić information content (AvgIpc) is 2.20. The summed E-state index contributed by atoms with van der Waals surface area (Å²) >= 11 is 0. The Morgan fingerprint density at radius 2 is 1.40 bits per heavy atom. The van der Waals surface area contributed by atoms with E-state index in [1.54, 1.807) is 0 Å². The second-order valence-corrected chi connectivity index (χ2v) is 2.49. The molecule has 0 heterocycles. The van der Waals surface area contributed by atoms with Crippen LogP contribution in [0.15, 0.2) is 24.3 Å². The van der Waals surface area contributed by atoms with Gasteiger partial charge in [0, 0.05) is 0 Å². The van der Waals surface area contributed by atoms with E-state index in [0.717, 1.165) is 24.3 Å².